The topological polar surface area (TPSA) is 59.1 Å². The summed E-state index contributed by atoms with van der Waals surface area (Å²) in [4.78, 5) is 12.4. The van der Waals surface area contributed by atoms with Crippen LogP contribution in [0.15, 0.2) is 36.0 Å². The number of epoxide rings is 1. The van der Waals surface area contributed by atoms with Gasteiger partial charge in [0.05, 0.1) is 24.7 Å². The van der Waals surface area contributed by atoms with Crippen molar-refractivity contribution in [1.29, 1.82) is 0 Å². The zero-order valence-electron chi connectivity index (χ0n) is 21.1. The van der Waals surface area contributed by atoms with Crippen molar-refractivity contribution < 1.29 is 19.4 Å². The molecule has 0 aromatic heterocycles. The molecule has 0 aliphatic carbocycles. The Labute approximate surface area is 196 Å². The second kappa shape index (κ2) is 13.3. The highest BCUT2D eigenvalue weighted by Gasteiger charge is 2.42. The van der Waals surface area contributed by atoms with E-state index >= 15 is 0 Å². The third-order valence-electron chi connectivity index (χ3n) is 6.89. The van der Waals surface area contributed by atoms with Gasteiger partial charge >= 0.3 is 5.97 Å². The van der Waals surface area contributed by atoms with Crippen molar-refractivity contribution in [2.45, 2.75) is 111 Å². The molecule has 0 aromatic carbocycles. The van der Waals surface area contributed by atoms with Crippen LogP contribution in [0.4, 0.5) is 0 Å². The van der Waals surface area contributed by atoms with E-state index in [1.807, 2.05) is 6.92 Å². The Bertz CT molecular complexity index is 664. The lowest BCUT2D eigenvalue weighted by molar-refractivity contribution is -0.151. The first-order valence-electron chi connectivity index (χ1n) is 12.8. The molecule has 4 heteroatoms. The molecule has 182 valence electrons. The number of aliphatic hydroxyl groups excluding tert-OH is 1. The smallest absolute Gasteiger partial charge is 0.309 e. The summed E-state index contributed by atoms with van der Waals surface area (Å²) in [5.41, 5.74) is 1.02. The molecular weight excluding hydrogens is 400 g/mol. The average Bonchev–Trinajstić information content (AvgIpc) is 3.48. The molecule has 4 nitrogen and oxygen atoms in total. The summed E-state index contributed by atoms with van der Waals surface area (Å²) in [5.74, 6) is 1.36. The summed E-state index contributed by atoms with van der Waals surface area (Å²) in [7, 11) is 0. The zero-order chi connectivity index (χ0) is 23.7. The maximum Gasteiger partial charge on any atom is 0.309 e. The quantitative estimate of drug-likeness (QED) is 0.203. The highest BCUT2D eigenvalue weighted by molar-refractivity contribution is 5.70. The van der Waals surface area contributed by atoms with E-state index in [0.717, 1.165) is 24.8 Å². The van der Waals surface area contributed by atoms with Gasteiger partial charge in [-0.25, -0.2) is 0 Å². The van der Waals surface area contributed by atoms with E-state index in [0.29, 0.717) is 36.4 Å². The average molecular weight is 447 g/mol. The lowest BCUT2D eigenvalue weighted by Crippen LogP contribution is -2.28. The number of cyclic esters (lactones) is 1. The van der Waals surface area contributed by atoms with Crippen LogP contribution in [0, 0.1) is 23.7 Å². The van der Waals surface area contributed by atoms with E-state index in [2.05, 4.69) is 65.0 Å². The van der Waals surface area contributed by atoms with Crippen molar-refractivity contribution >= 4 is 5.97 Å². The van der Waals surface area contributed by atoms with Crippen LogP contribution in [0.5, 0.6) is 0 Å². The van der Waals surface area contributed by atoms with Crippen molar-refractivity contribution in [1.82, 2.24) is 0 Å². The standard InChI is InChI=1S/C28H46O4/c1-7-10-21(4)28-25(31-28)17-20(3)12-9-14-23(6)27-22(5)13-8-11-19(2)15-16-24(29)18-26(30)32-27/h8-9,12-14,19-22,24-25,27-29H,7,10-11,15-18H2,1-6H3/b12-9+,13-8+,23-14+/t19?,20-,21-,22+,24-,25-,27+,28-/m1/s1. The molecule has 2 rings (SSSR count). The van der Waals surface area contributed by atoms with Gasteiger partial charge in [-0.2, -0.15) is 0 Å². The molecule has 0 spiro atoms. The molecule has 32 heavy (non-hydrogen) atoms. The van der Waals surface area contributed by atoms with Crippen molar-refractivity contribution in [2.24, 2.45) is 23.7 Å². The second-order valence-corrected chi connectivity index (χ2v) is 10.4. The van der Waals surface area contributed by atoms with Gasteiger partial charge in [0.1, 0.15) is 6.10 Å². The van der Waals surface area contributed by atoms with Gasteiger partial charge in [-0.1, -0.05) is 71.4 Å². The fourth-order valence-corrected chi connectivity index (χ4v) is 4.72. The third kappa shape index (κ3) is 9.23. The molecule has 0 amide bonds. The zero-order valence-corrected chi connectivity index (χ0v) is 21.1. The molecular formula is C28H46O4. The van der Waals surface area contributed by atoms with Gasteiger partial charge in [0, 0.05) is 5.92 Å². The number of ether oxygens (including phenoxy) is 2. The number of hydrogen-bond donors (Lipinski definition) is 1. The highest BCUT2D eigenvalue weighted by Crippen LogP contribution is 2.36. The third-order valence-corrected chi connectivity index (χ3v) is 6.89. The summed E-state index contributed by atoms with van der Waals surface area (Å²) in [6, 6.07) is 0. The van der Waals surface area contributed by atoms with Crippen LogP contribution in [0.25, 0.3) is 0 Å². The minimum absolute atomic E-state index is 0.0683. The van der Waals surface area contributed by atoms with E-state index in [4.69, 9.17) is 9.47 Å². The molecule has 8 atom stereocenters. The minimum atomic E-state index is -0.622. The van der Waals surface area contributed by atoms with Gasteiger partial charge in [-0.3, -0.25) is 4.79 Å². The van der Waals surface area contributed by atoms with Gasteiger partial charge in [0.2, 0.25) is 0 Å². The molecule has 1 fully saturated rings. The first-order valence-corrected chi connectivity index (χ1v) is 12.8. The molecule has 2 heterocycles. The van der Waals surface area contributed by atoms with Gasteiger partial charge in [0.15, 0.2) is 0 Å². The van der Waals surface area contributed by atoms with E-state index in [1.54, 1.807) is 0 Å². The van der Waals surface area contributed by atoms with E-state index in [1.165, 1.54) is 12.8 Å². The number of carbonyl (C=O) groups is 1. The van der Waals surface area contributed by atoms with Gasteiger partial charge < -0.3 is 14.6 Å². The maximum absolute atomic E-state index is 12.4. The maximum atomic E-state index is 12.4. The van der Waals surface area contributed by atoms with Crippen LogP contribution >= 0.6 is 0 Å². The Hall–Kier alpha value is -1.39. The van der Waals surface area contributed by atoms with Gasteiger partial charge in [0.25, 0.3) is 0 Å². The molecule has 0 saturated carbocycles. The van der Waals surface area contributed by atoms with Crippen molar-refractivity contribution in [2.75, 3.05) is 0 Å². The van der Waals surface area contributed by atoms with Crippen LogP contribution in [0.2, 0.25) is 0 Å². The van der Waals surface area contributed by atoms with Crippen molar-refractivity contribution in [3.05, 3.63) is 36.0 Å². The van der Waals surface area contributed by atoms with Crippen LogP contribution in [0.1, 0.15) is 86.5 Å². The fourth-order valence-electron chi connectivity index (χ4n) is 4.72. The summed E-state index contributed by atoms with van der Waals surface area (Å²) in [6.07, 6.45) is 16.7. The summed E-state index contributed by atoms with van der Waals surface area (Å²) >= 11 is 0. The molecule has 0 aromatic rings. The number of allylic oxidation sites excluding steroid dienone is 4. The largest absolute Gasteiger partial charge is 0.457 e. The number of aliphatic hydroxyl groups is 1. The summed E-state index contributed by atoms with van der Waals surface area (Å²) < 4.78 is 11.7. The van der Waals surface area contributed by atoms with E-state index in [9.17, 15) is 9.90 Å². The molecule has 1 N–H and O–H groups in total. The fraction of sp³-hybridized carbons (Fsp3) is 0.750. The first-order chi connectivity index (χ1) is 15.2. The Morgan fingerprint density at radius 1 is 1.28 bits per heavy atom. The van der Waals surface area contributed by atoms with Crippen LogP contribution in [-0.2, 0) is 14.3 Å². The lowest BCUT2D eigenvalue weighted by atomic mass is 9.93. The predicted molar refractivity (Wildman–Crippen MR) is 131 cm³/mol. The first kappa shape index (κ1) is 26.9. The Morgan fingerprint density at radius 3 is 2.75 bits per heavy atom. The van der Waals surface area contributed by atoms with Crippen molar-refractivity contribution in [3.8, 4) is 0 Å². The van der Waals surface area contributed by atoms with Crippen LogP contribution in [-0.4, -0.2) is 35.5 Å². The lowest BCUT2D eigenvalue weighted by Gasteiger charge is -2.24. The molecule has 0 radical (unpaired) electrons. The Kier molecular flexibility index (Phi) is 11.2. The highest BCUT2D eigenvalue weighted by atomic mass is 16.6. The Morgan fingerprint density at radius 2 is 2.03 bits per heavy atom. The second-order valence-electron chi connectivity index (χ2n) is 10.4. The molecule has 1 unspecified atom stereocenters. The number of hydrogen-bond acceptors (Lipinski definition) is 4. The normalized spacial score (nSPS) is 35.5. The minimum Gasteiger partial charge on any atom is -0.457 e. The molecule has 0 bridgehead atoms. The monoisotopic (exact) mass is 446 g/mol. The molecule has 2 aliphatic heterocycles. The van der Waals surface area contributed by atoms with E-state index in [-0.39, 0.29) is 24.4 Å². The SMILES string of the molecule is CCC[C@@H](C)[C@H]1O[C@@H]1C[C@H](C)/C=C/C=C(\C)[C@H]1OC(=O)C[C@H](O)CCC(C)C/C=C/[C@@H]1C. The van der Waals surface area contributed by atoms with Gasteiger partial charge in [-0.15, -0.1) is 0 Å². The van der Waals surface area contributed by atoms with Crippen LogP contribution in [0.3, 0.4) is 0 Å². The van der Waals surface area contributed by atoms with Crippen LogP contribution < -0.4 is 0 Å². The number of rotatable bonds is 8. The van der Waals surface area contributed by atoms with Crippen molar-refractivity contribution in [3.63, 3.8) is 0 Å². The summed E-state index contributed by atoms with van der Waals surface area (Å²) in [6.45, 7) is 13.1. The number of esters is 1. The Balaban J connectivity index is 1.96. The molecule has 1 saturated heterocycles. The van der Waals surface area contributed by atoms with Gasteiger partial charge in [-0.05, 0) is 62.4 Å². The predicted octanol–water partition coefficient (Wildman–Crippen LogP) is 6.39. The molecule has 2 aliphatic rings. The van der Waals surface area contributed by atoms with E-state index < -0.39 is 6.10 Å². The summed E-state index contributed by atoms with van der Waals surface area (Å²) in [5, 5.41) is 10.2. The number of carbonyl (C=O) groups excluding carboxylic acids is 1.